The lowest BCUT2D eigenvalue weighted by Gasteiger charge is -2.16. The summed E-state index contributed by atoms with van der Waals surface area (Å²) in [6.45, 7) is 0. The summed E-state index contributed by atoms with van der Waals surface area (Å²) in [6.07, 6.45) is -0.184. The number of benzene rings is 1. The molecule has 0 N–H and O–H groups in total. The minimum absolute atomic E-state index is 0.184. The Morgan fingerprint density at radius 2 is 2.07 bits per heavy atom. The third-order valence-electron chi connectivity index (χ3n) is 1.99. The summed E-state index contributed by atoms with van der Waals surface area (Å²) < 4.78 is 0. The molecule has 0 aliphatic rings. The zero-order valence-corrected chi connectivity index (χ0v) is 8.27. The highest BCUT2D eigenvalue weighted by atomic mass is 16.2. The molecule has 0 aliphatic heterocycles. The predicted octanol–water partition coefficient (Wildman–Crippen LogP) is 1.43. The van der Waals surface area contributed by atoms with Crippen LogP contribution < -0.4 is 4.90 Å². The van der Waals surface area contributed by atoms with Gasteiger partial charge in [0.2, 0.25) is 5.91 Å². The van der Waals surface area contributed by atoms with Gasteiger partial charge in [-0.05, 0) is 12.1 Å². The van der Waals surface area contributed by atoms with Crippen molar-refractivity contribution in [1.82, 2.24) is 0 Å². The van der Waals surface area contributed by atoms with E-state index in [-0.39, 0.29) is 12.3 Å². The maximum absolute atomic E-state index is 11.4. The molecular formula is C11H9N3O. The van der Waals surface area contributed by atoms with E-state index in [9.17, 15) is 4.79 Å². The van der Waals surface area contributed by atoms with Crippen LogP contribution in [0.15, 0.2) is 24.3 Å². The zero-order chi connectivity index (χ0) is 11.3. The number of nitriles is 2. The van der Waals surface area contributed by atoms with Gasteiger partial charge in [0.15, 0.2) is 0 Å². The lowest BCUT2D eigenvalue weighted by molar-refractivity contribution is -0.117. The Labute approximate surface area is 88.0 Å². The van der Waals surface area contributed by atoms with Gasteiger partial charge in [0, 0.05) is 7.05 Å². The highest BCUT2D eigenvalue weighted by Gasteiger charge is 2.13. The monoisotopic (exact) mass is 199 g/mol. The molecule has 0 radical (unpaired) electrons. The Morgan fingerprint density at radius 1 is 1.40 bits per heavy atom. The number of nitrogens with zero attached hydrogens (tertiary/aromatic N) is 3. The van der Waals surface area contributed by atoms with Crippen molar-refractivity contribution in [3.63, 3.8) is 0 Å². The van der Waals surface area contributed by atoms with E-state index in [1.54, 1.807) is 37.4 Å². The van der Waals surface area contributed by atoms with Gasteiger partial charge >= 0.3 is 0 Å². The quantitative estimate of drug-likeness (QED) is 0.723. The van der Waals surface area contributed by atoms with E-state index < -0.39 is 0 Å². The summed E-state index contributed by atoms with van der Waals surface area (Å²) in [5, 5.41) is 17.2. The number of anilines is 1. The highest BCUT2D eigenvalue weighted by Crippen LogP contribution is 2.18. The van der Waals surface area contributed by atoms with Gasteiger partial charge in [-0.3, -0.25) is 4.79 Å². The van der Waals surface area contributed by atoms with E-state index in [1.165, 1.54) is 4.90 Å². The first-order valence-electron chi connectivity index (χ1n) is 4.33. The van der Waals surface area contributed by atoms with Crippen LogP contribution in [0, 0.1) is 22.7 Å². The summed E-state index contributed by atoms with van der Waals surface area (Å²) in [4.78, 5) is 12.7. The topological polar surface area (TPSA) is 67.9 Å². The smallest absolute Gasteiger partial charge is 0.240 e. The van der Waals surface area contributed by atoms with E-state index >= 15 is 0 Å². The van der Waals surface area contributed by atoms with Gasteiger partial charge in [0.05, 0.1) is 17.3 Å². The van der Waals surface area contributed by atoms with Crippen LogP contribution in [0.5, 0.6) is 0 Å². The first-order chi connectivity index (χ1) is 7.20. The maximum atomic E-state index is 11.4. The minimum atomic E-state index is -0.319. The van der Waals surface area contributed by atoms with E-state index in [1.807, 2.05) is 6.07 Å². The lowest BCUT2D eigenvalue weighted by atomic mass is 10.2. The summed E-state index contributed by atoms with van der Waals surface area (Å²) in [5.74, 6) is -0.319. The van der Waals surface area contributed by atoms with Crippen LogP contribution in [0.4, 0.5) is 5.69 Å². The molecule has 0 aliphatic carbocycles. The summed E-state index contributed by atoms with van der Waals surface area (Å²) in [6, 6.07) is 10.6. The SMILES string of the molecule is CN(C(=O)CC#N)c1ccccc1C#N. The molecule has 0 atom stereocenters. The van der Waals surface area contributed by atoms with Crippen LogP contribution in [0.2, 0.25) is 0 Å². The fourth-order valence-electron chi connectivity index (χ4n) is 1.18. The van der Waals surface area contributed by atoms with Gasteiger partial charge in [-0.2, -0.15) is 10.5 Å². The number of hydrogen-bond acceptors (Lipinski definition) is 3. The normalized spacial score (nSPS) is 8.73. The van der Waals surface area contributed by atoms with Gasteiger partial charge < -0.3 is 4.90 Å². The second kappa shape index (κ2) is 4.78. The first-order valence-corrected chi connectivity index (χ1v) is 4.33. The van der Waals surface area contributed by atoms with Crippen LogP contribution in [-0.4, -0.2) is 13.0 Å². The van der Waals surface area contributed by atoms with Gasteiger partial charge in [0.1, 0.15) is 12.5 Å². The number of hydrogen-bond donors (Lipinski definition) is 0. The van der Waals surface area contributed by atoms with Crippen LogP contribution >= 0.6 is 0 Å². The number of amides is 1. The fourth-order valence-corrected chi connectivity index (χ4v) is 1.18. The number of para-hydroxylation sites is 1. The van der Waals surface area contributed by atoms with Crippen molar-refractivity contribution in [2.24, 2.45) is 0 Å². The molecule has 0 saturated carbocycles. The summed E-state index contributed by atoms with van der Waals surface area (Å²) in [5.41, 5.74) is 0.950. The molecule has 4 nitrogen and oxygen atoms in total. The number of carbonyl (C=O) groups excluding carboxylic acids is 1. The molecular weight excluding hydrogens is 190 g/mol. The molecule has 1 aromatic rings. The Bertz CT molecular complexity index is 454. The van der Waals surface area contributed by atoms with E-state index in [2.05, 4.69) is 0 Å². The van der Waals surface area contributed by atoms with Crippen molar-refractivity contribution in [3.05, 3.63) is 29.8 Å². The van der Waals surface area contributed by atoms with Crippen molar-refractivity contribution in [2.45, 2.75) is 6.42 Å². The Kier molecular flexibility index (Phi) is 3.43. The Morgan fingerprint density at radius 3 is 2.67 bits per heavy atom. The largest absolute Gasteiger partial charge is 0.313 e. The molecule has 0 fully saturated rings. The van der Waals surface area contributed by atoms with Gasteiger partial charge in [-0.1, -0.05) is 12.1 Å². The van der Waals surface area contributed by atoms with Crippen molar-refractivity contribution < 1.29 is 4.79 Å². The standard InChI is InChI=1S/C11H9N3O/c1-14(11(15)6-7-12)10-5-3-2-4-9(10)8-13/h2-5H,6H2,1H3. The molecule has 15 heavy (non-hydrogen) atoms. The van der Waals surface area contributed by atoms with E-state index in [0.29, 0.717) is 11.3 Å². The van der Waals surface area contributed by atoms with Crippen LogP contribution in [0.3, 0.4) is 0 Å². The average Bonchev–Trinajstić information content (AvgIpc) is 2.28. The second-order valence-corrected chi connectivity index (χ2v) is 2.92. The highest BCUT2D eigenvalue weighted by molar-refractivity contribution is 5.95. The van der Waals surface area contributed by atoms with E-state index in [4.69, 9.17) is 10.5 Å². The molecule has 0 saturated heterocycles. The van der Waals surface area contributed by atoms with Crippen molar-refractivity contribution in [1.29, 1.82) is 10.5 Å². The van der Waals surface area contributed by atoms with Crippen LogP contribution in [0.25, 0.3) is 0 Å². The molecule has 1 amide bonds. The molecule has 0 bridgehead atoms. The Balaban J connectivity index is 3.02. The molecule has 0 aromatic heterocycles. The van der Waals surface area contributed by atoms with Crippen molar-refractivity contribution in [3.8, 4) is 12.1 Å². The Hall–Kier alpha value is -2.33. The molecule has 1 rings (SSSR count). The number of carbonyl (C=O) groups is 1. The van der Waals surface area contributed by atoms with Gasteiger partial charge in [-0.25, -0.2) is 0 Å². The van der Waals surface area contributed by atoms with Gasteiger partial charge in [0.25, 0.3) is 0 Å². The molecule has 0 spiro atoms. The molecule has 1 aromatic carbocycles. The first kappa shape index (κ1) is 10.7. The third-order valence-corrected chi connectivity index (χ3v) is 1.99. The van der Waals surface area contributed by atoms with Crippen LogP contribution in [0.1, 0.15) is 12.0 Å². The molecule has 4 heteroatoms. The summed E-state index contributed by atoms with van der Waals surface area (Å²) in [7, 11) is 1.55. The molecule has 0 unspecified atom stereocenters. The van der Waals surface area contributed by atoms with Crippen molar-refractivity contribution in [2.75, 3.05) is 11.9 Å². The number of rotatable bonds is 2. The third kappa shape index (κ3) is 2.32. The fraction of sp³-hybridized carbons (Fsp3) is 0.182. The zero-order valence-electron chi connectivity index (χ0n) is 8.27. The predicted molar refractivity (Wildman–Crippen MR) is 54.8 cm³/mol. The van der Waals surface area contributed by atoms with Crippen molar-refractivity contribution >= 4 is 11.6 Å². The lowest BCUT2D eigenvalue weighted by Crippen LogP contribution is -2.26. The van der Waals surface area contributed by atoms with Gasteiger partial charge in [-0.15, -0.1) is 0 Å². The second-order valence-electron chi connectivity index (χ2n) is 2.92. The maximum Gasteiger partial charge on any atom is 0.240 e. The average molecular weight is 199 g/mol. The molecule has 74 valence electrons. The van der Waals surface area contributed by atoms with E-state index in [0.717, 1.165) is 0 Å². The minimum Gasteiger partial charge on any atom is -0.313 e. The van der Waals surface area contributed by atoms with Crippen LogP contribution in [-0.2, 0) is 4.79 Å². The summed E-state index contributed by atoms with van der Waals surface area (Å²) >= 11 is 0. The molecule has 0 heterocycles.